The van der Waals surface area contributed by atoms with Gasteiger partial charge in [0.2, 0.25) is 11.5 Å². The molecule has 1 amide bonds. The number of amides is 1. The lowest BCUT2D eigenvalue weighted by Gasteiger charge is -2.40. The van der Waals surface area contributed by atoms with E-state index in [2.05, 4.69) is 9.97 Å². The van der Waals surface area contributed by atoms with Crippen LogP contribution in [0.25, 0.3) is 0 Å². The summed E-state index contributed by atoms with van der Waals surface area (Å²) >= 11 is 0. The minimum atomic E-state index is -1.01. The van der Waals surface area contributed by atoms with Crippen molar-refractivity contribution in [1.29, 1.82) is 0 Å². The minimum Gasteiger partial charge on any atom is -0.453 e. The van der Waals surface area contributed by atoms with Gasteiger partial charge in [0.1, 0.15) is 11.6 Å². The maximum absolute atomic E-state index is 13.9. The molecule has 0 saturated heterocycles. The Bertz CT molecular complexity index is 1190. The molecule has 8 heteroatoms. The van der Waals surface area contributed by atoms with Crippen LogP contribution in [0.4, 0.5) is 8.78 Å². The number of aromatic nitrogens is 2. The highest BCUT2D eigenvalue weighted by atomic mass is 19.1. The number of ether oxygens (including phenoxy) is 1. The fraction of sp³-hybridized carbons (Fsp3) is 0.320. The maximum Gasteiger partial charge on any atom is 0.247 e. The Balaban J connectivity index is 1.57. The minimum absolute atomic E-state index is 0.0468. The monoisotopic (exact) mass is 453 g/mol. The molecule has 0 spiro atoms. The molecule has 1 aliphatic carbocycles. The summed E-state index contributed by atoms with van der Waals surface area (Å²) in [5.41, 5.74) is 6.26. The Kier molecular flexibility index (Phi) is 6.26. The van der Waals surface area contributed by atoms with Gasteiger partial charge >= 0.3 is 0 Å². The van der Waals surface area contributed by atoms with Crippen molar-refractivity contribution < 1.29 is 18.3 Å². The summed E-state index contributed by atoms with van der Waals surface area (Å²) < 4.78 is 32.5. The summed E-state index contributed by atoms with van der Waals surface area (Å²) in [4.78, 5) is 31.2. The third kappa shape index (κ3) is 4.65. The van der Waals surface area contributed by atoms with Gasteiger partial charge in [-0.2, -0.15) is 0 Å². The molecule has 3 aromatic rings. The quantitative estimate of drug-likeness (QED) is 0.572. The predicted octanol–water partition coefficient (Wildman–Crippen LogP) is 4.56. The number of primary amides is 1. The highest BCUT2D eigenvalue weighted by Crippen LogP contribution is 2.45. The lowest BCUT2D eigenvalue weighted by molar-refractivity contribution is -0.125. The van der Waals surface area contributed by atoms with Gasteiger partial charge in [0, 0.05) is 18.3 Å². The van der Waals surface area contributed by atoms with Crippen LogP contribution in [0.1, 0.15) is 49.8 Å². The van der Waals surface area contributed by atoms with Crippen LogP contribution in [0.3, 0.4) is 0 Å². The molecule has 2 heterocycles. The van der Waals surface area contributed by atoms with Crippen molar-refractivity contribution in [3.05, 3.63) is 88.1 Å². The molecular weight excluding hydrogens is 428 g/mol. The number of pyridine rings is 2. The van der Waals surface area contributed by atoms with Gasteiger partial charge in [-0.25, -0.2) is 8.78 Å². The van der Waals surface area contributed by atoms with Crippen LogP contribution in [0, 0.1) is 17.6 Å². The lowest BCUT2D eigenvalue weighted by Crippen LogP contribution is -2.46. The second-order valence-corrected chi connectivity index (χ2v) is 8.67. The van der Waals surface area contributed by atoms with Crippen molar-refractivity contribution in [1.82, 2.24) is 9.97 Å². The topological polar surface area (TPSA) is 98.1 Å². The molecule has 3 atom stereocenters. The van der Waals surface area contributed by atoms with Crippen LogP contribution < -0.4 is 16.0 Å². The van der Waals surface area contributed by atoms with Gasteiger partial charge in [-0.3, -0.25) is 14.6 Å². The number of nitrogens with two attached hydrogens (primary N) is 1. The molecule has 1 aromatic carbocycles. The first-order chi connectivity index (χ1) is 15.8. The van der Waals surface area contributed by atoms with Crippen LogP contribution in [-0.4, -0.2) is 15.9 Å². The highest BCUT2D eigenvalue weighted by Gasteiger charge is 2.44. The number of carbonyl (C=O) groups excluding carboxylic acids is 1. The molecular formula is C25H25F2N3O3. The molecule has 1 aliphatic rings. The van der Waals surface area contributed by atoms with E-state index in [1.165, 1.54) is 18.3 Å². The van der Waals surface area contributed by atoms with Crippen molar-refractivity contribution in [2.45, 2.75) is 43.9 Å². The SMILES string of the molecule is CC(C(N)=O)(c1ccc(Oc2ccc(F)cc2F)cn1)[C@H]1CCC[C@@H](c2ccc(=O)[nH]c2)C1. The lowest BCUT2D eigenvalue weighted by atomic mass is 9.64. The summed E-state index contributed by atoms with van der Waals surface area (Å²) in [6.45, 7) is 1.80. The number of benzene rings is 1. The second-order valence-electron chi connectivity index (χ2n) is 8.67. The van der Waals surface area contributed by atoms with Crippen molar-refractivity contribution in [3.63, 3.8) is 0 Å². The van der Waals surface area contributed by atoms with E-state index < -0.39 is 23.0 Å². The van der Waals surface area contributed by atoms with E-state index >= 15 is 0 Å². The first-order valence-electron chi connectivity index (χ1n) is 10.9. The Hall–Kier alpha value is -3.55. The molecule has 2 aromatic heterocycles. The van der Waals surface area contributed by atoms with Crippen LogP contribution >= 0.6 is 0 Å². The molecule has 172 valence electrons. The van der Waals surface area contributed by atoms with Crippen LogP contribution in [-0.2, 0) is 10.2 Å². The smallest absolute Gasteiger partial charge is 0.247 e. The zero-order valence-electron chi connectivity index (χ0n) is 18.2. The highest BCUT2D eigenvalue weighted by molar-refractivity contribution is 5.86. The van der Waals surface area contributed by atoms with Crippen LogP contribution in [0.15, 0.2) is 59.7 Å². The molecule has 0 aliphatic heterocycles. The summed E-state index contributed by atoms with van der Waals surface area (Å²) in [5.74, 6) is -1.71. The van der Waals surface area contributed by atoms with Gasteiger partial charge < -0.3 is 15.5 Å². The number of hydrogen-bond donors (Lipinski definition) is 2. The van der Waals surface area contributed by atoms with E-state index in [4.69, 9.17) is 10.5 Å². The number of hydrogen-bond acceptors (Lipinski definition) is 4. The number of nitrogens with zero attached hydrogens (tertiary/aromatic N) is 1. The number of H-pyrrole nitrogens is 1. The first-order valence-corrected chi connectivity index (χ1v) is 10.9. The van der Waals surface area contributed by atoms with Crippen molar-refractivity contribution >= 4 is 5.91 Å². The van der Waals surface area contributed by atoms with Crippen LogP contribution in [0.5, 0.6) is 11.5 Å². The van der Waals surface area contributed by atoms with E-state index in [-0.39, 0.29) is 28.9 Å². The first kappa shape index (κ1) is 22.6. The van der Waals surface area contributed by atoms with Gasteiger partial charge in [-0.15, -0.1) is 0 Å². The molecule has 1 fully saturated rings. The van der Waals surface area contributed by atoms with E-state index in [0.717, 1.165) is 43.4 Å². The Morgan fingerprint density at radius 3 is 2.64 bits per heavy atom. The standard InChI is InChI=1S/C25H25F2N3O3/c1-25(24(28)32,17-4-2-3-15(11-17)16-5-10-23(31)30-13-16)22-9-7-19(14-29-22)33-21-8-6-18(26)12-20(21)27/h5-10,12-15,17H,2-4,11H2,1H3,(H2,28,32)(H,30,31)/t15-,17+,25?/m1/s1. The number of aromatic amines is 1. The molecule has 33 heavy (non-hydrogen) atoms. The fourth-order valence-corrected chi connectivity index (χ4v) is 4.66. The van der Waals surface area contributed by atoms with E-state index in [0.29, 0.717) is 5.69 Å². The summed E-state index contributed by atoms with van der Waals surface area (Å²) in [7, 11) is 0. The Morgan fingerprint density at radius 1 is 1.18 bits per heavy atom. The average molecular weight is 453 g/mol. The normalized spacial score (nSPS) is 20.1. The predicted molar refractivity (Wildman–Crippen MR) is 119 cm³/mol. The molecule has 6 nitrogen and oxygen atoms in total. The fourth-order valence-electron chi connectivity index (χ4n) is 4.66. The second kappa shape index (κ2) is 9.13. The summed E-state index contributed by atoms with van der Waals surface area (Å²) in [6, 6.07) is 9.63. The van der Waals surface area contributed by atoms with Crippen molar-refractivity contribution in [3.8, 4) is 11.5 Å². The van der Waals surface area contributed by atoms with Crippen molar-refractivity contribution in [2.24, 2.45) is 11.7 Å². The van der Waals surface area contributed by atoms with Crippen LogP contribution in [0.2, 0.25) is 0 Å². The van der Waals surface area contributed by atoms with Gasteiger partial charge in [0.25, 0.3) is 0 Å². The van der Waals surface area contributed by atoms with Crippen molar-refractivity contribution in [2.75, 3.05) is 0 Å². The third-order valence-corrected chi connectivity index (χ3v) is 6.67. The number of rotatable bonds is 6. The molecule has 0 radical (unpaired) electrons. The number of halogens is 2. The Labute approximate surface area is 189 Å². The summed E-state index contributed by atoms with van der Waals surface area (Å²) in [6.07, 6.45) is 6.56. The zero-order valence-corrected chi connectivity index (χ0v) is 18.2. The van der Waals surface area contributed by atoms with Gasteiger partial charge in [0.05, 0.1) is 17.3 Å². The number of nitrogens with one attached hydrogen (secondary N) is 1. The largest absolute Gasteiger partial charge is 0.453 e. The molecule has 1 unspecified atom stereocenters. The molecule has 3 N–H and O–H groups in total. The van der Waals surface area contributed by atoms with Gasteiger partial charge in [0.15, 0.2) is 11.6 Å². The molecule has 1 saturated carbocycles. The average Bonchev–Trinajstić information content (AvgIpc) is 2.81. The number of carbonyl (C=O) groups is 1. The van der Waals surface area contributed by atoms with Gasteiger partial charge in [-0.05, 0) is 67.9 Å². The van der Waals surface area contributed by atoms with E-state index in [1.54, 1.807) is 25.3 Å². The molecule has 4 rings (SSSR count). The maximum atomic E-state index is 13.9. The van der Waals surface area contributed by atoms with Gasteiger partial charge in [-0.1, -0.05) is 12.5 Å². The Morgan fingerprint density at radius 2 is 2.00 bits per heavy atom. The van der Waals surface area contributed by atoms with E-state index in [1.807, 2.05) is 6.07 Å². The molecule has 0 bridgehead atoms. The van der Waals surface area contributed by atoms with E-state index in [9.17, 15) is 18.4 Å². The zero-order chi connectivity index (χ0) is 23.6. The summed E-state index contributed by atoms with van der Waals surface area (Å²) in [5, 5.41) is 0. The third-order valence-electron chi connectivity index (χ3n) is 6.67.